The molecule has 1 aromatic carbocycles. The van der Waals surface area contributed by atoms with Crippen molar-refractivity contribution in [1.29, 1.82) is 0 Å². The fraction of sp³-hybridized carbons (Fsp3) is 0.385. The lowest BCUT2D eigenvalue weighted by molar-refractivity contribution is 1.14. The van der Waals surface area contributed by atoms with E-state index >= 15 is 0 Å². The topological polar surface area (TPSA) is 0 Å². The Morgan fingerprint density at radius 1 is 1.38 bits per heavy atom. The van der Waals surface area contributed by atoms with Gasteiger partial charge >= 0.3 is 0 Å². The first-order valence-corrected chi connectivity index (χ1v) is 5.04. The van der Waals surface area contributed by atoms with Crippen LogP contribution in [0.4, 0.5) is 0 Å². The fourth-order valence-corrected chi connectivity index (χ4v) is 1.46. The van der Waals surface area contributed by atoms with E-state index in [0.717, 1.165) is 12.8 Å². The van der Waals surface area contributed by atoms with Crippen molar-refractivity contribution in [2.75, 3.05) is 0 Å². The third-order valence-corrected chi connectivity index (χ3v) is 2.30. The van der Waals surface area contributed by atoms with Crippen molar-refractivity contribution in [3.8, 4) is 0 Å². The zero-order valence-electron chi connectivity index (χ0n) is 8.80. The molecule has 0 saturated carbocycles. The van der Waals surface area contributed by atoms with Crippen LogP contribution in [0.2, 0.25) is 0 Å². The predicted octanol–water partition coefficient (Wildman–Crippen LogP) is 4.31. The summed E-state index contributed by atoms with van der Waals surface area (Å²) in [6.07, 6.45) is 4.50. The van der Waals surface area contributed by atoms with Gasteiger partial charge in [-0.25, -0.2) is 0 Å². The second-order valence-electron chi connectivity index (χ2n) is 3.35. The maximum absolute atomic E-state index is 2.28. The molecule has 0 nitrogen and oxygen atoms in total. The van der Waals surface area contributed by atoms with Gasteiger partial charge in [0.25, 0.3) is 0 Å². The average Bonchev–Trinajstić information content (AvgIpc) is 2.18. The van der Waals surface area contributed by atoms with Gasteiger partial charge in [-0.05, 0) is 36.5 Å². The maximum atomic E-state index is 2.28. The molecule has 0 heterocycles. The molecule has 0 aromatic heterocycles. The maximum Gasteiger partial charge on any atom is 0 e. The van der Waals surface area contributed by atoms with Crippen LogP contribution in [0.5, 0.6) is 0 Å². The summed E-state index contributed by atoms with van der Waals surface area (Å²) in [5, 5.41) is 0. The first kappa shape index (κ1) is 10.0. The molecule has 0 bridgehead atoms. The van der Waals surface area contributed by atoms with Gasteiger partial charge in [0.1, 0.15) is 0 Å². The molecule has 0 N–H and O–H groups in total. The van der Waals surface area contributed by atoms with Crippen molar-refractivity contribution in [2.24, 2.45) is 0 Å². The van der Waals surface area contributed by atoms with E-state index in [-0.39, 0.29) is 1.43 Å². The molecular formula is C13H20. The molecule has 0 atom stereocenters. The molecule has 0 aliphatic heterocycles. The highest BCUT2D eigenvalue weighted by atomic mass is 14.0. The molecule has 0 aliphatic rings. The van der Waals surface area contributed by atoms with Gasteiger partial charge in [-0.1, -0.05) is 44.2 Å². The molecule has 0 fully saturated rings. The van der Waals surface area contributed by atoms with Gasteiger partial charge in [0, 0.05) is 1.43 Å². The minimum atomic E-state index is 0. The van der Waals surface area contributed by atoms with Crippen molar-refractivity contribution in [3.05, 3.63) is 41.5 Å². The van der Waals surface area contributed by atoms with Gasteiger partial charge in [-0.3, -0.25) is 0 Å². The number of aryl methyl sites for hydroxylation is 1. The van der Waals surface area contributed by atoms with Crippen LogP contribution >= 0.6 is 0 Å². The lowest BCUT2D eigenvalue weighted by atomic mass is 10.0. The molecule has 0 amide bonds. The van der Waals surface area contributed by atoms with Gasteiger partial charge in [-0.2, -0.15) is 0 Å². The Balaban J connectivity index is 0.00000169. The van der Waals surface area contributed by atoms with Crippen molar-refractivity contribution in [1.82, 2.24) is 0 Å². The number of hydrogen-bond donors (Lipinski definition) is 0. The summed E-state index contributed by atoms with van der Waals surface area (Å²) in [4.78, 5) is 0. The van der Waals surface area contributed by atoms with E-state index < -0.39 is 0 Å². The SMILES string of the molecule is CC/C=C(\C)c1cccc(CC)c1.[HH]. The number of hydrogen-bond acceptors (Lipinski definition) is 0. The lowest BCUT2D eigenvalue weighted by Crippen LogP contribution is -1.84. The first-order chi connectivity index (χ1) is 6.27. The fourth-order valence-electron chi connectivity index (χ4n) is 1.46. The molecule has 0 heteroatoms. The van der Waals surface area contributed by atoms with E-state index in [0.29, 0.717) is 0 Å². The Morgan fingerprint density at radius 2 is 2.15 bits per heavy atom. The number of rotatable bonds is 3. The third-order valence-electron chi connectivity index (χ3n) is 2.30. The molecule has 1 aromatic rings. The summed E-state index contributed by atoms with van der Waals surface area (Å²) in [7, 11) is 0. The molecule has 72 valence electrons. The van der Waals surface area contributed by atoms with E-state index in [9.17, 15) is 0 Å². The Bertz CT molecular complexity index is 300. The van der Waals surface area contributed by atoms with E-state index in [1.165, 1.54) is 16.7 Å². The van der Waals surface area contributed by atoms with Crippen LogP contribution in [0.1, 0.15) is 39.7 Å². The minimum Gasteiger partial charge on any atom is -0.0813 e. The van der Waals surface area contributed by atoms with Crippen LogP contribution < -0.4 is 0 Å². The van der Waals surface area contributed by atoms with Gasteiger partial charge in [0.2, 0.25) is 0 Å². The molecule has 0 radical (unpaired) electrons. The van der Waals surface area contributed by atoms with Crippen molar-refractivity contribution < 1.29 is 1.43 Å². The minimum absolute atomic E-state index is 0. The number of allylic oxidation sites excluding steroid dienone is 2. The molecule has 0 aliphatic carbocycles. The van der Waals surface area contributed by atoms with Crippen molar-refractivity contribution >= 4 is 5.57 Å². The highest BCUT2D eigenvalue weighted by molar-refractivity contribution is 5.64. The zero-order valence-corrected chi connectivity index (χ0v) is 8.80. The lowest BCUT2D eigenvalue weighted by Gasteiger charge is -2.03. The van der Waals surface area contributed by atoms with Crippen LogP contribution in [0.25, 0.3) is 5.57 Å². The summed E-state index contributed by atoms with van der Waals surface area (Å²) in [5.41, 5.74) is 4.17. The molecule has 1 rings (SSSR count). The van der Waals surface area contributed by atoms with Gasteiger partial charge in [-0.15, -0.1) is 0 Å². The molecule has 0 spiro atoms. The molecule has 13 heavy (non-hydrogen) atoms. The molecule has 0 saturated heterocycles. The van der Waals surface area contributed by atoms with E-state index in [4.69, 9.17) is 0 Å². The summed E-state index contributed by atoms with van der Waals surface area (Å²) in [6.45, 7) is 6.55. The van der Waals surface area contributed by atoms with Crippen LogP contribution in [-0.4, -0.2) is 0 Å². The molecule has 0 unspecified atom stereocenters. The molecular weight excluding hydrogens is 156 g/mol. The Kier molecular flexibility index (Phi) is 3.75. The van der Waals surface area contributed by atoms with Gasteiger partial charge in [0.15, 0.2) is 0 Å². The monoisotopic (exact) mass is 176 g/mol. The highest BCUT2D eigenvalue weighted by Crippen LogP contribution is 2.16. The van der Waals surface area contributed by atoms with Gasteiger partial charge in [0.05, 0.1) is 0 Å². The van der Waals surface area contributed by atoms with E-state index in [1.54, 1.807) is 0 Å². The average molecular weight is 176 g/mol. The summed E-state index contributed by atoms with van der Waals surface area (Å²) in [5.74, 6) is 0. The van der Waals surface area contributed by atoms with E-state index in [1.807, 2.05) is 0 Å². The van der Waals surface area contributed by atoms with Crippen molar-refractivity contribution in [2.45, 2.75) is 33.6 Å². The Hall–Kier alpha value is -1.04. The first-order valence-electron chi connectivity index (χ1n) is 5.04. The normalized spacial score (nSPS) is 11.8. The third kappa shape index (κ3) is 2.73. The predicted molar refractivity (Wildman–Crippen MR) is 61.9 cm³/mol. The summed E-state index contributed by atoms with van der Waals surface area (Å²) >= 11 is 0. The smallest absolute Gasteiger partial charge is 0 e. The summed E-state index contributed by atoms with van der Waals surface area (Å²) < 4.78 is 0. The number of benzene rings is 1. The Morgan fingerprint density at radius 3 is 2.77 bits per heavy atom. The second kappa shape index (κ2) is 4.86. The quantitative estimate of drug-likeness (QED) is 0.644. The zero-order chi connectivity index (χ0) is 9.68. The largest absolute Gasteiger partial charge is 0.0813 e. The van der Waals surface area contributed by atoms with E-state index in [2.05, 4.69) is 51.1 Å². The van der Waals surface area contributed by atoms with Crippen LogP contribution in [0, 0.1) is 0 Å². The van der Waals surface area contributed by atoms with Crippen molar-refractivity contribution in [3.63, 3.8) is 0 Å². The summed E-state index contributed by atoms with van der Waals surface area (Å²) in [6, 6.07) is 8.78. The Labute approximate surface area is 82.8 Å². The standard InChI is InChI=1S/C13H18.H2/c1-4-7-11(3)13-9-6-8-12(5-2)10-13;/h6-10H,4-5H2,1-3H3;1H/b11-7+;. The second-order valence-corrected chi connectivity index (χ2v) is 3.35. The van der Waals surface area contributed by atoms with Gasteiger partial charge < -0.3 is 0 Å². The van der Waals surface area contributed by atoms with Crippen LogP contribution in [0.3, 0.4) is 0 Å². The van der Waals surface area contributed by atoms with Crippen LogP contribution in [-0.2, 0) is 6.42 Å². The van der Waals surface area contributed by atoms with Crippen LogP contribution in [0.15, 0.2) is 30.3 Å². The highest BCUT2D eigenvalue weighted by Gasteiger charge is 1.95.